The summed E-state index contributed by atoms with van der Waals surface area (Å²) in [5.41, 5.74) is 0. The second-order valence-corrected chi connectivity index (χ2v) is 5.25. The average Bonchev–Trinajstić information content (AvgIpc) is 2.41. The van der Waals surface area contributed by atoms with Gasteiger partial charge in [-0.2, -0.15) is 0 Å². The highest BCUT2D eigenvalue weighted by molar-refractivity contribution is 14.0. The normalized spacial score (nSPS) is 11.4. The van der Waals surface area contributed by atoms with Crippen LogP contribution in [0.2, 0.25) is 0 Å². The van der Waals surface area contributed by atoms with Crippen LogP contribution in [0.25, 0.3) is 0 Å². The van der Waals surface area contributed by atoms with Crippen molar-refractivity contribution in [3.05, 3.63) is 0 Å². The summed E-state index contributed by atoms with van der Waals surface area (Å²) in [5.74, 6) is 0.900. The highest BCUT2D eigenvalue weighted by Crippen LogP contribution is 2.03. The van der Waals surface area contributed by atoms with Crippen LogP contribution in [0.1, 0.15) is 39.0 Å². The quantitative estimate of drug-likeness (QED) is 0.223. The van der Waals surface area contributed by atoms with Crippen molar-refractivity contribution < 1.29 is 4.74 Å². The second-order valence-electron chi connectivity index (χ2n) is 5.25. The van der Waals surface area contributed by atoms with Gasteiger partial charge in [0.25, 0.3) is 0 Å². The van der Waals surface area contributed by atoms with Crippen LogP contribution in [0.4, 0.5) is 0 Å². The minimum atomic E-state index is 0. The molecule has 21 heavy (non-hydrogen) atoms. The fourth-order valence-electron chi connectivity index (χ4n) is 1.87. The molecule has 0 radical (unpaired) electrons. The molecule has 0 aromatic rings. The Labute approximate surface area is 148 Å². The molecule has 0 atom stereocenters. The molecule has 0 aliphatic heterocycles. The number of hydrogen-bond acceptors (Lipinski definition) is 3. The molecule has 5 nitrogen and oxygen atoms in total. The Kier molecular flexibility index (Phi) is 19.8. The van der Waals surface area contributed by atoms with E-state index in [9.17, 15) is 0 Å². The maximum atomic E-state index is 5.02. The summed E-state index contributed by atoms with van der Waals surface area (Å²) in [7, 11) is 5.98. The lowest BCUT2D eigenvalue weighted by atomic mass is 10.1. The lowest BCUT2D eigenvalue weighted by Crippen LogP contribution is -2.39. The molecule has 0 saturated carbocycles. The molecule has 0 aliphatic carbocycles. The minimum Gasteiger partial charge on any atom is -0.383 e. The van der Waals surface area contributed by atoms with Crippen molar-refractivity contribution in [1.82, 2.24) is 15.5 Å². The monoisotopic (exact) mass is 414 g/mol. The number of unbranched alkanes of at least 4 members (excludes halogenated alkanes) is 4. The van der Waals surface area contributed by atoms with Gasteiger partial charge in [-0.3, -0.25) is 4.99 Å². The van der Waals surface area contributed by atoms with E-state index in [0.29, 0.717) is 6.61 Å². The molecule has 0 saturated heterocycles. The lowest BCUT2D eigenvalue weighted by Gasteiger charge is -2.10. The van der Waals surface area contributed by atoms with Gasteiger partial charge in [0, 0.05) is 26.7 Å². The van der Waals surface area contributed by atoms with E-state index in [0.717, 1.165) is 25.6 Å². The summed E-state index contributed by atoms with van der Waals surface area (Å²) < 4.78 is 5.02. The molecule has 0 bridgehead atoms. The predicted octanol–water partition coefficient (Wildman–Crippen LogP) is 2.32. The van der Waals surface area contributed by atoms with E-state index in [1.54, 1.807) is 7.11 Å². The van der Waals surface area contributed by atoms with Crippen molar-refractivity contribution in [3.63, 3.8) is 0 Å². The number of aliphatic imine (C=N–C) groups is 1. The number of hydrogen-bond donors (Lipinski definition) is 2. The molecule has 128 valence electrons. The van der Waals surface area contributed by atoms with Crippen LogP contribution in [0.5, 0.6) is 0 Å². The minimum absolute atomic E-state index is 0. The van der Waals surface area contributed by atoms with Gasteiger partial charge in [0.2, 0.25) is 0 Å². The Bertz CT molecular complexity index is 238. The zero-order valence-corrected chi connectivity index (χ0v) is 16.6. The van der Waals surface area contributed by atoms with Gasteiger partial charge in [0.05, 0.1) is 6.61 Å². The maximum absolute atomic E-state index is 5.02. The van der Waals surface area contributed by atoms with E-state index in [2.05, 4.69) is 41.5 Å². The number of rotatable bonds is 12. The van der Waals surface area contributed by atoms with Gasteiger partial charge in [-0.05, 0) is 40.4 Å². The Hall–Kier alpha value is -0.0800. The molecule has 0 heterocycles. The van der Waals surface area contributed by atoms with Crippen molar-refractivity contribution >= 4 is 29.9 Å². The third kappa shape index (κ3) is 17.9. The number of methoxy groups -OCH3 is 1. The van der Waals surface area contributed by atoms with Gasteiger partial charge < -0.3 is 20.3 Å². The Balaban J connectivity index is 0. The van der Waals surface area contributed by atoms with Gasteiger partial charge >= 0.3 is 0 Å². The number of nitrogens with zero attached hydrogens (tertiary/aromatic N) is 2. The number of halogens is 1. The molecule has 0 amide bonds. The molecule has 0 aromatic carbocycles. The Morgan fingerprint density at radius 2 is 1.71 bits per heavy atom. The third-order valence-corrected chi connectivity index (χ3v) is 2.98. The average molecular weight is 414 g/mol. The molecule has 0 aromatic heterocycles. The van der Waals surface area contributed by atoms with Gasteiger partial charge in [-0.15, -0.1) is 24.0 Å². The summed E-state index contributed by atoms with van der Waals surface area (Å²) in [5, 5.41) is 6.50. The third-order valence-electron chi connectivity index (χ3n) is 2.98. The summed E-state index contributed by atoms with van der Waals surface area (Å²) in [6.07, 6.45) is 6.39. The summed E-state index contributed by atoms with van der Waals surface area (Å²) >= 11 is 0. The molecule has 2 N–H and O–H groups in total. The van der Waals surface area contributed by atoms with Crippen LogP contribution >= 0.6 is 24.0 Å². The first-order valence-electron chi connectivity index (χ1n) is 7.86. The van der Waals surface area contributed by atoms with Crippen molar-refractivity contribution in [2.45, 2.75) is 39.0 Å². The van der Waals surface area contributed by atoms with Gasteiger partial charge in [0.1, 0.15) is 0 Å². The zero-order valence-electron chi connectivity index (χ0n) is 14.3. The maximum Gasteiger partial charge on any atom is 0.191 e. The summed E-state index contributed by atoms with van der Waals surface area (Å²) in [6, 6.07) is 0. The first-order chi connectivity index (χ1) is 9.70. The van der Waals surface area contributed by atoms with Crippen molar-refractivity contribution in [2.75, 3.05) is 54.0 Å². The Morgan fingerprint density at radius 3 is 2.33 bits per heavy atom. The summed E-state index contributed by atoms with van der Waals surface area (Å²) in [4.78, 5) is 6.81. The predicted molar refractivity (Wildman–Crippen MR) is 103 cm³/mol. The van der Waals surface area contributed by atoms with Gasteiger partial charge in [-0.1, -0.05) is 19.3 Å². The van der Waals surface area contributed by atoms with Gasteiger partial charge in [0.15, 0.2) is 5.96 Å². The van der Waals surface area contributed by atoms with Crippen LogP contribution in [0, 0.1) is 0 Å². The molecule has 0 unspecified atom stereocenters. The highest BCUT2D eigenvalue weighted by Gasteiger charge is 1.96. The lowest BCUT2D eigenvalue weighted by molar-refractivity contribution is 0.203. The molecule has 0 spiro atoms. The molecule has 0 aliphatic rings. The van der Waals surface area contributed by atoms with E-state index in [1.807, 2.05) is 0 Å². The van der Waals surface area contributed by atoms with Crippen LogP contribution in [0.15, 0.2) is 4.99 Å². The van der Waals surface area contributed by atoms with E-state index >= 15 is 0 Å². The topological polar surface area (TPSA) is 48.9 Å². The number of ether oxygens (including phenoxy) is 1. The number of nitrogens with one attached hydrogen (secondary N) is 2. The van der Waals surface area contributed by atoms with E-state index in [4.69, 9.17) is 4.74 Å². The van der Waals surface area contributed by atoms with Crippen LogP contribution in [-0.2, 0) is 4.74 Å². The van der Waals surface area contributed by atoms with Crippen LogP contribution in [0.3, 0.4) is 0 Å². The first kappa shape index (κ1) is 23.2. The standard InChI is InChI=1S/C15H34N4O.HI/c1-5-16-15(18-12-14-20-4)17-11-9-7-6-8-10-13-19(2)3;/h5-14H2,1-4H3,(H2,16,17,18);1H. The molecular formula is C15H35IN4O. The largest absolute Gasteiger partial charge is 0.383 e. The van der Waals surface area contributed by atoms with Gasteiger partial charge in [-0.25, -0.2) is 0 Å². The van der Waals surface area contributed by atoms with E-state index in [1.165, 1.54) is 38.6 Å². The SMILES string of the molecule is CCNC(=NCCCCCCCN(C)C)NCCOC.I. The second kappa shape index (κ2) is 18.0. The summed E-state index contributed by atoms with van der Waals surface area (Å²) in [6.45, 7) is 6.58. The van der Waals surface area contributed by atoms with E-state index < -0.39 is 0 Å². The first-order valence-corrected chi connectivity index (χ1v) is 7.86. The number of guanidine groups is 1. The van der Waals surface area contributed by atoms with Crippen LogP contribution < -0.4 is 10.6 Å². The molecular weight excluding hydrogens is 379 g/mol. The fraction of sp³-hybridized carbons (Fsp3) is 0.933. The smallest absolute Gasteiger partial charge is 0.191 e. The van der Waals surface area contributed by atoms with Crippen LogP contribution in [-0.4, -0.2) is 64.9 Å². The Morgan fingerprint density at radius 1 is 1.05 bits per heavy atom. The zero-order chi connectivity index (χ0) is 15.1. The van der Waals surface area contributed by atoms with Crippen molar-refractivity contribution in [1.29, 1.82) is 0 Å². The molecule has 0 fully saturated rings. The molecule has 6 heteroatoms. The van der Waals surface area contributed by atoms with Crippen molar-refractivity contribution in [2.24, 2.45) is 4.99 Å². The fourth-order valence-corrected chi connectivity index (χ4v) is 1.87. The van der Waals surface area contributed by atoms with E-state index in [-0.39, 0.29) is 24.0 Å². The molecule has 0 rings (SSSR count). The van der Waals surface area contributed by atoms with Crippen molar-refractivity contribution in [3.8, 4) is 0 Å². The highest BCUT2D eigenvalue weighted by atomic mass is 127.